The monoisotopic (exact) mass is 371 g/mol. The highest BCUT2D eigenvalue weighted by molar-refractivity contribution is 5.68. The van der Waals surface area contributed by atoms with Crippen LogP contribution < -0.4 is 5.32 Å². The highest BCUT2D eigenvalue weighted by atomic mass is 19.3. The highest BCUT2D eigenvalue weighted by Gasteiger charge is 2.34. The van der Waals surface area contributed by atoms with Crippen molar-refractivity contribution in [1.82, 2.24) is 19.7 Å². The minimum atomic E-state index is -2.64. The molecule has 1 aliphatic carbocycles. The van der Waals surface area contributed by atoms with Crippen LogP contribution in [0.5, 0.6) is 0 Å². The average molecular weight is 371 g/mol. The lowest BCUT2D eigenvalue weighted by Crippen LogP contribution is -2.41. The minimum Gasteiger partial charge on any atom is -0.388 e. The quantitative estimate of drug-likeness (QED) is 0.686. The van der Waals surface area contributed by atoms with Gasteiger partial charge in [-0.2, -0.15) is 5.10 Å². The van der Waals surface area contributed by atoms with E-state index in [0.717, 1.165) is 30.4 Å². The maximum absolute atomic E-state index is 12.8. The number of nitrogens with one attached hydrogen (secondary N) is 1. The summed E-state index contributed by atoms with van der Waals surface area (Å²) < 4.78 is 27.3. The maximum atomic E-state index is 12.8. The predicted octanol–water partition coefficient (Wildman–Crippen LogP) is 3.94. The molecule has 0 radical (unpaired) electrons. The van der Waals surface area contributed by atoms with Gasteiger partial charge in [-0.05, 0) is 43.0 Å². The summed E-state index contributed by atoms with van der Waals surface area (Å²) in [6.07, 6.45) is 4.95. The lowest BCUT2D eigenvalue weighted by atomic mass is 9.80. The number of halogens is 2. The van der Waals surface area contributed by atoms with Crippen molar-refractivity contribution in [1.29, 1.82) is 0 Å². The van der Waals surface area contributed by atoms with E-state index in [1.165, 1.54) is 12.3 Å². The van der Waals surface area contributed by atoms with Crippen LogP contribution >= 0.6 is 0 Å². The number of rotatable bonds is 6. The van der Waals surface area contributed by atoms with Gasteiger partial charge in [-0.25, -0.2) is 18.7 Å². The SMILES string of the molecule is OC1(Cn2cc(-c3cccc(Nc4nccc(C(F)F)n4)c3)cn2)CCC1. The zero-order valence-corrected chi connectivity index (χ0v) is 14.5. The molecule has 0 atom stereocenters. The normalized spacial score (nSPS) is 15.6. The third-order valence-electron chi connectivity index (χ3n) is 4.73. The summed E-state index contributed by atoms with van der Waals surface area (Å²) in [6.45, 7) is 0.485. The molecule has 3 aromatic rings. The van der Waals surface area contributed by atoms with E-state index in [4.69, 9.17) is 0 Å². The van der Waals surface area contributed by atoms with Gasteiger partial charge in [0.05, 0.1) is 18.3 Å². The fraction of sp³-hybridized carbons (Fsp3) is 0.316. The lowest BCUT2D eigenvalue weighted by Gasteiger charge is -2.36. The molecule has 1 saturated carbocycles. The van der Waals surface area contributed by atoms with E-state index in [9.17, 15) is 13.9 Å². The Bertz CT molecular complexity index is 939. The summed E-state index contributed by atoms with van der Waals surface area (Å²) in [6, 6.07) is 8.66. The van der Waals surface area contributed by atoms with E-state index < -0.39 is 12.0 Å². The fourth-order valence-corrected chi connectivity index (χ4v) is 3.10. The van der Waals surface area contributed by atoms with E-state index >= 15 is 0 Å². The summed E-state index contributed by atoms with van der Waals surface area (Å²) >= 11 is 0. The van der Waals surface area contributed by atoms with Gasteiger partial charge >= 0.3 is 0 Å². The molecule has 140 valence electrons. The Kier molecular flexibility index (Phi) is 4.57. The number of hydrogen-bond acceptors (Lipinski definition) is 5. The van der Waals surface area contributed by atoms with Gasteiger partial charge in [-0.1, -0.05) is 12.1 Å². The topological polar surface area (TPSA) is 75.9 Å². The van der Waals surface area contributed by atoms with Crippen LogP contribution in [0.2, 0.25) is 0 Å². The Labute approximate surface area is 154 Å². The number of alkyl halides is 2. The summed E-state index contributed by atoms with van der Waals surface area (Å²) in [4.78, 5) is 7.79. The number of hydrogen-bond donors (Lipinski definition) is 2. The van der Waals surface area contributed by atoms with Crippen molar-refractivity contribution in [3.8, 4) is 11.1 Å². The molecule has 2 N–H and O–H groups in total. The van der Waals surface area contributed by atoms with Crippen LogP contribution in [0, 0.1) is 0 Å². The molecule has 2 heterocycles. The van der Waals surface area contributed by atoms with Gasteiger partial charge in [-0.3, -0.25) is 4.68 Å². The van der Waals surface area contributed by atoms with Crippen molar-refractivity contribution < 1.29 is 13.9 Å². The van der Waals surface area contributed by atoms with Gasteiger partial charge in [0.1, 0.15) is 5.69 Å². The van der Waals surface area contributed by atoms with Crippen LogP contribution in [0.3, 0.4) is 0 Å². The smallest absolute Gasteiger partial charge is 0.280 e. The molecule has 6 nitrogen and oxygen atoms in total. The van der Waals surface area contributed by atoms with Crippen molar-refractivity contribution in [2.24, 2.45) is 0 Å². The first kappa shape index (κ1) is 17.5. The molecule has 0 unspecified atom stereocenters. The highest BCUT2D eigenvalue weighted by Crippen LogP contribution is 2.33. The summed E-state index contributed by atoms with van der Waals surface area (Å²) in [5.41, 5.74) is 1.54. The molecule has 1 aliphatic rings. The molecule has 0 aliphatic heterocycles. The van der Waals surface area contributed by atoms with Gasteiger partial charge in [0.15, 0.2) is 0 Å². The number of nitrogens with zero attached hydrogens (tertiary/aromatic N) is 4. The number of aliphatic hydroxyl groups is 1. The molecule has 2 aromatic heterocycles. The third kappa shape index (κ3) is 3.95. The van der Waals surface area contributed by atoms with Crippen LogP contribution in [-0.2, 0) is 6.54 Å². The number of anilines is 2. The molecule has 0 saturated heterocycles. The van der Waals surface area contributed by atoms with Crippen LogP contribution in [-0.4, -0.2) is 30.5 Å². The molecule has 0 spiro atoms. The molecule has 1 aromatic carbocycles. The molecule has 8 heteroatoms. The predicted molar refractivity (Wildman–Crippen MR) is 96.7 cm³/mol. The first-order valence-electron chi connectivity index (χ1n) is 8.74. The second-order valence-corrected chi connectivity index (χ2v) is 6.82. The molecule has 4 rings (SSSR count). The fourth-order valence-electron chi connectivity index (χ4n) is 3.10. The summed E-state index contributed by atoms with van der Waals surface area (Å²) in [7, 11) is 0. The van der Waals surface area contributed by atoms with Gasteiger partial charge in [0.2, 0.25) is 5.95 Å². The molecule has 1 fully saturated rings. The largest absolute Gasteiger partial charge is 0.388 e. The van der Waals surface area contributed by atoms with Gasteiger partial charge in [0, 0.05) is 23.6 Å². The number of aromatic nitrogens is 4. The molecular weight excluding hydrogens is 352 g/mol. The first-order valence-corrected chi connectivity index (χ1v) is 8.74. The van der Waals surface area contributed by atoms with Crippen LogP contribution in [0.15, 0.2) is 48.9 Å². The zero-order valence-electron chi connectivity index (χ0n) is 14.5. The first-order chi connectivity index (χ1) is 13.0. The van der Waals surface area contributed by atoms with Crippen molar-refractivity contribution in [2.75, 3.05) is 5.32 Å². The Hall–Kier alpha value is -2.87. The van der Waals surface area contributed by atoms with E-state index in [0.29, 0.717) is 12.2 Å². The molecular formula is C19H19F2N5O. The van der Waals surface area contributed by atoms with Crippen LogP contribution in [0.25, 0.3) is 11.1 Å². The standard InChI is InChI=1S/C19H19F2N5O/c20-17(21)16-5-8-22-18(25-16)24-15-4-1-3-13(9-15)14-10-23-26(11-14)12-19(27)6-2-7-19/h1,3-5,8-11,17,27H,2,6-7,12H2,(H,22,24,25). The van der Waals surface area contributed by atoms with Crippen molar-refractivity contribution in [2.45, 2.75) is 37.8 Å². The van der Waals surface area contributed by atoms with Gasteiger partial charge in [0.25, 0.3) is 6.43 Å². The van der Waals surface area contributed by atoms with Crippen LogP contribution in [0.4, 0.5) is 20.4 Å². The second-order valence-electron chi connectivity index (χ2n) is 6.82. The molecule has 0 amide bonds. The third-order valence-corrected chi connectivity index (χ3v) is 4.73. The Morgan fingerprint density at radius 3 is 2.81 bits per heavy atom. The second kappa shape index (κ2) is 7.03. The lowest BCUT2D eigenvalue weighted by molar-refractivity contribution is -0.0498. The van der Waals surface area contributed by atoms with Crippen molar-refractivity contribution >= 4 is 11.6 Å². The molecule has 27 heavy (non-hydrogen) atoms. The van der Waals surface area contributed by atoms with Crippen LogP contribution in [0.1, 0.15) is 31.4 Å². The van der Waals surface area contributed by atoms with E-state index in [-0.39, 0.29) is 11.6 Å². The van der Waals surface area contributed by atoms with Crippen molar-refractivity contribution in [3.05, 3.63) is 54.6 Å². The zero-order chi connectivity index (χ0) is 18.9. The van der Waals surface area contributed by atoms with E-state index in [1.807, 2.05) is 30.5 Å². The van der Waals surface area contributed by atoms with E-state index in [1.54, 1.807) is 10.9 Å². The molecule has 0 bridgehead atoms. The van der Waals surface area contributed by atoms with E-state index in [2.05, 4.69) is 20.4 Å². The Balaban J connectivity index is 1.51. The Morgan fingerprint density at radius 2 is 2.07 bits per heavy atom. The summed E-state index contributed by atoms with van der Waals surface area (Å²) in [5.74, 6) is 0.118. The number of benzene rings is 1. The average Bonchev–Trinajstić information content (AvgIpc) is 3.09. The maximum Gasteiger partial charge on any atom is 0.280 e. The minimum absolute atomic E-state index is 0.118. The van der Waals surface area contributed by atoms with Gasteiger partial charge < -0.3 is 10.4 Å². The summed E-state index contributed by atoms with van der Waals surface area (Å²) in [5, 5.41) is 17.6. The van der Waals surface area contributed by atoms with Gasteiger partial charge in [-0.15, -0.1) is 0 Å². The Morgan fingerprint density at radius 1 is 1.22 bits per heavy atom. The van der Waals surface area contributed by atoms with Crippen molar-refractivity contribution in [3.63, 3.8) is 0 Å².